The van der Waals surface area contributed by atoms with E-state index in [0.29, 0.717) is 25.4 Å². The highest BCUT2D eigenvalue weighted by atomic mass is 16.2. The third kappa shape index (κ3) is 2.89. The minimum atomic E-state index is -0.561. The molecule has 1 aromatic rings. The molecule has 1 N–H and O–H groups in total. The Morgan fingerprint density at radius 3 is 2.91 bits per heavy atom. The monoisotopic (exact) mass is 299 g/mol. The lowest BCUT2D eigenvalue weighted by Gasteiger charge is -2.23. The maximum Gasteiger partial charge on any atom is 0.245 e. The van der Waals surface area contributed by atoms with Crippen molar-refractivity contribution in [2.45, 2.75) is 32.1 Å². The Kier molecular flexibility index (Phi) is 3.72. The van der Waals surface area contributed by atoms with Crippen molar-refractivity contribution in [3.63, 3.8) is 0 Å². The van der Waals surface area contributed by atoms with Crippen LogP contribution in [0.15, 0.2) is 31.1 Å². The SMILES string of the molecule is C=CC(=O)N1CCC(C)(C(=O)Nc2cncc(C3CC3)c2)C1. The summed E-state index contributed by atoms with van der Waals surface area (Å²) in [6.07, 6.45) is 7.91. The van der Waals surface area contributed by atoms with E-state index in [0.717, 1.165) is 5.69 Å². The molecule has 1 saturated heterocycles. The quantitative estimate of drug-likeness (QED) is 0.868. The average Bonchev–Trinajstić information content (AvgIpc) is 3.29. The van der Waals surface area contributed by atoms with Crippen LogP contribution in [0.25, 0.3) is 0 Å². The molecule has 2 heterocycles. The fraction of sp³-hybridized carbons (Fsp3) is 0.471. The molecule has 3 rings (SSSR count). The van der Waals surface area contributed by atoms with Crippen molar-refractivity contribution in [1.29, 1.82) is 0 Å². The van der Waals surface area contributed by atoms with Crippen LogP contribution < -0.4 is 5.32 Å². The summed E-state index contributed by atoms with van der Waals surface area (Å²) in [5.74, 6) is 0.433. The zero-order chi connectivity index (χ0) is 15.7. The molecule has 22 heavy (non-hydrogen) atoms. The van der Waals surface area contributed by atoms with Gasteiger partial charge in [-0.1, -0.05) is 6.58 Å². The van der Waals surface area contributed by atoms with E-state index in [9.17, 15) is 9.59 Å². The second kappa shape index (κ2) is 5.55. The van der Waals surface area contributed by atoms with Crippen molar-refractivity contribution in [2.24, 2.45) is 5.41 Å². The first-order chi connectivity index (χ1) is 10.5. The molecule has 1 aliphatic heterocycles. The van der Waals surface area contributed by atoms with Gasteiger partial charge in [0.15, 0.2) is 0 Å². The van der Waals surface area contributed by atoms with Crippen molar-refractivity contribution >= 4 is 17.5 Å². The molecule has 1 unspecified atom stereocenters. The number of nitrogens with zero attached hydrogens (tertiary/aromatic N) is 2. The summed E-state index contributed by atoms with van der Waals surface area (Å²) in [5.41, 5.74) is 1.37. The second-order valence-corrected chi connectivity index (χ2v) is 6.51. The molecule has 5 heteroatoms. The highest BCUT2D eigenvalue weighted by Gasteiger charge is 2.41. The molecule has 5 nitrogen and oxygen atoms in total. The molecule has 2 aliphatic rings. The largest absolute Gasteiger partial charge is 0.338 e. The summed E-state index contributed by atoms with van der Waals surface area (Å²) >= 11 is 0. The smallest absolute Gasteiger partial charge is 0.245 e. The average molecular weight is 299 g/mol. The van der Waals surface area contributed by atoms with Crippen molar-refractivity contribution in [1.82, 2.24) is 9.88 Å². The molecule has 1 aromatic heterocycles. The molecule has 1 aliphatic carbocycles. The first-order valence-corrected chi connectivity index (χ1v) is 7.69. The fourth-order valence-electron chi connectivity index (χ4n) is 2.91. The van der Waals surface area contributed by atoms with E-state index in [1.54, 1.807) is 11.1 Å². The predicted molar refractivity (Wildman–Crippen MR) is 84.3 cm³/mol. The van der Waals surface area contributed by atoms with Crippen LogP contribution in [-0.2, 0) is 9.59 Å². The van der Waals surface area contributed by atoms with Crippen molar-refractivity contribution < 1.29 is 9.59 Å². The molecule has 116 valence electrons. The Balaban J connectivity index is 1.67. The molecule has 2 fully saturated rings. The van der Waals surface area contributed by atoms with Gasteiger partial charge in [0.2, 0.25) is 11.8 Å². The number of rotatable bonds is 4. The number of hydrogen-bond acceptors (Lipinski definition) is 3. The lowest BCUT2D eigenvalue weighted by Crippen LogP contribution is -2.37. The summed E-state index contributed by atoms with van der Waals surface area (Å²) in [6, 6.07) is 2.01. The van der Waals surface area contributed by atoms with Crippen LogP contribution in [0.5, 0.6) is 0 Å². The van der Waals surface area contributed by atoms with E-state index >= 15 is 0 Å². The van der Waals surface area contributed by atoms with Crippen LogP contribution in [0.4, 0.5) is 5.69 Å². The normalized spacial score (nSPS) is 24.1. The van der Waals surface area contributed by atoms with E-state index in [2.05, 4.69) is 16.9 Å². The van der Waals surface area contributed by atoms with Gasteiger partial charge in [-0.2, -0.15) is 0 Å². The molecule has 0 bridgehead atoms. The Morgan fingerprint density at radius 2 is 2.23 bits per heavy atom. The van der Waals surface area contributed by atoms with Gasteiger partial charge in [0.1, 0.15) is 0 Å². The first kappa shape index (κ1) is 14.8. The molecule has 2 amide bonds. The van der Waals surface area contributed by atoms with Gasteiger partial charge in [0.05, 0.1) is 17.3 Å². The number of likely N-dealkylation sites (tertiary alicyclic amines) is 1. The third-order valence-corrected chi connectivity index (χ3v) is 4.57. The number of carbonyl (C=O) groups excluding carboxylic acids is 2. The first-order valence-electron chi connectivity index (χ1n) is 7.69. The van der Waals surface area contributed by atoms with Gasteiger partial charge in [-0.05, 0) is 49.8 Å². The zero-order valence-electron chi connectivity index (χ0n) is 12.8. The summed E-state index contributed by atoms with van der Waals surface area (Å²) < 4.78 is 0. The van der Waals surface area contributed by atoms with Crippen LogP contribution >= 0.6 is 0 Å². The van der Waals surface area contributed by atoms with Gasteiger partial charge in [0.25, 0.3) is 0 Å². The van der Waals surface area contributed by atoms with Gasteiger partial charge < -0.3 is 10.2 Å². The van der Waals surface area contributed by atoms with Gasteiger partial charge in [-0.25, -0.2) is 0 Å². The van der Waals surface area contributed by atoms with Gasteiger partial charge in [-0.15, -0.1) is 0 Å². The Hall–Kier alpha value is -2.17. The molecule has 0 aromatic carbocycles. The molecule has 0 radical (unpaired) electrons. The van der Waals surface area contributed by atoms with Crippen molar-refractivity contribution in [3.8, 4) is 0 Å². The Labute approximate surface area is 130 Å². The summed E-state index contributed by atoms with van der Waals surface area (Å²) in [4.78, 5) is 30.1. The number of amides is 2. The zero-order valence-corrected chi connectivity index (χ0v) is 12.8. The molecular weight excluding hydrogens is 278 g/mol. The number of hydrogen-bond donors (Lipinski definition) is 1. The van der Waals surface area contributed by atoms with E-state index in [1.807, 2.05) is 19.2 Å². The molecule has 0 spiro atoms. The van der Waals surface area contributed by atoms with Crippen LogP contribution in [0.2, 0.25) is 0 Å². The van der Waals surface area contributed by atoms with E-state index in [4.69, 9.17) is 0 Å². The van der Waals surface area contributed by atoms with E-state index < -0.39 is 5.41 Å². The number of carbonyl (C=O) groups is 2. The van der Waals surface area contributed by atoms with E-state index in [-0.39, 0.29) is 11.8 Å². The molecule has 1 atom stereocenters. The summed E-state index contributed by atoms with van der Waals surface area (Å²) in [5, 5.41) is 2.96. The molecule has 1 saturated carbocycles. The van der Waals surface area contributed by atoms with E-state index in [1.165, 1.54) is 24.5 Å². The minimum Gasteiger partial charge on any atom is -0.338 e. The highest BCUT2D eigenvalue weighted by molar-refractivity contribution is 5.96. The highest BCUT2D eigenvalue weighted by Crippen LogP contribution is 2.40. The number of nitrogens with one attached hydrogen (secondary N) is 1. The topological polar surface area (TPSA) is 62.3 Å². The third-order valence-electron chi connectivity index (χ3n) is 4.57. The minimum absolute atomic E-state index is 0.0541. The van der Waals surface area contributed by atoms with Gasteiger partial charge in [-0.3, -0.25) is 14.6 Å². The van der Waals surface area contributed by atoms with Gasteiger partial charge >= 0.3 is 0 Å². The molecular formula is C17H21N3O2. The number of pyridine rings is 1. The predicted octanol–water partition coefficient (Wildman–Crippen LogP) is 2.32. The van der Waals surface area contributed by atoms with Gasteiger partial charge in [0, 0.05) is 19.3 Å². The Bertz CT molecular complexity index is 624. The summed E-state index contributed by atoms with van der Waals surface area (Å²) in [6.45, 7) is 6.42. The number of anilines is 1. The van der Waals surface area contributed by atoms with Crippen molar-refractivity contribution in [3.05, 3.63) is 36.7 Å². The van der Waals surface area contributed by atoms with Crippen LogP contribution in [-0.4, -0.2) is 34.8 Å². The Morgan fingerprint density at radius 1 is 1.45 bits per heavy atom. The second-order valence-electron chi connectivity index (χ2n) is 6.51. The van der Waals surface area contributed by atoms with Crippen molar-refractivity contribution in [2.75, 3.05) is 18.4 Å². The maximum absolute atomic E-state index is 12.6. The standard InChI is InChI=1S/C17H21N3O2/c1-3-15(21)20-7-6-17(2,11-20)16(22)19-14-8-13(9-18-10-14)12-4-5-12/h3,8-10,12H,1,4-7,11H2,2H3,(H,19,22). The maximum atomic E-state index is 12.6. The lowest BCUT2D eigenvalue weighted by atomic mass is 9.88. The summed E-state index contributed by atoms with van der Waals surface area (Å²) in [7, 11) is 0. The number of aromatic nitrogens is 1. The van der Waals surface area contributed by atoms with Crippen LogP contribution in [0.3, 0.4) is 0 Å². The van der Waals surface area contributed by atoms with Crippen LogP contribution in [0.1, 0.15) is 37.7 Å². The van der Waals surface area contributed by atoms with Crippen LogP contribution in [0, 0.1) is 5.41 Å². The fourth-order valence-corrected chi connectivity index (χ4v) is 2.91. The lowest BCUT2D eigenvalue weighted by molar-refractivity contribution is -0.127.